The first-order chi connectivity index (χ1) is 13.5. The molecule has 144 valence electrons. The molecule has 0 aliphatic heterocycles. The second-order valence-electron chi connectivity index (χ2n) is 7.16. The van der Waals surface area contributed by atoms with Crippen molar-refractivity contribution in [3.8, 4) is 0 Å². The molecule has 5 nitrogen and oxygen atoms in total. The second-order valence-corrected chi connectivity index (χ2v) is 7.57. The zero-order valence-corrected chi connectivity index (χ0v) is 16.3. The number of aryl methyl sites for hydroxylation is 1. The highest BCUT2D eigenvalue weighted by molar-refractivity contribution is 6.35. The van der Waals surface area contributed by atoms with Crippen molar-refractivity contribution in [2.75, 3.05) is 5.32 Å². The number of hydrogen-bond donors (Lipinski definition) is 2. The number of amides is 2. The molecule has 0 radical (unpaired) electrons. The fourth-order valence-corrected chi connectivity index (χ4v) is 3.87. The lowest BCUT2D eigenvalue weighted by atomic mass is 10.1. The minimum atomic E-state index is -0.354. The van der Waals surface area contributed by atoms with Crippen LogP contribution >= 0.6 is 11.6 Å². The molecule has 28 heavy (non-hydrogen) atoms. The van der Waals surface area contributed by atoms with Crippen LogP contribution in [0, 0.1) is 6.92 Å². The summed E-state index contributed by atoms with van der Waals surface area (Å²) in [6.07, 6.45) is 4.42. The summed E-state index contributed by atoms with van der Waals surface area (Å²) in [6, 6.07) is 12.5. The van der Waals surface area contributed by atoms with E-state index in [2.05, 4.69) is 10.6 Å². The summed E-state index contributed by atoms with van der Waals surface area (Å²) in [5.41, 5.74) is 2.42. The second kappa shape index (κ2) is 7.68. The van der Waals surface area contributed by atoms with E-state index in [0.29, 0.717) is 21.9 Å². The van der Waals surface area contributed by atoms with E-state index in [4.69, 9.17) is 16.0 Å². The molecule has 3 aromatic rings. The number of para-hydroxylation sites is 1. The van der Waals surface area contributed by atoms with Crippen molar-refractivity contribution < 1.29 is 14.0 Å². The smallest absolute Gasteiger partial charge is 0.291 e. The van der Waals surface area contributed by atoms with Crippen LogP contribution in [0.4, 0.5) is 5.69 Å². The van der Waals surface area contributed by atoms with Gasteiger partial charge in [-0.2, -0.15) is 0 Å². The Morgan fingerprint density at radius 2 is 1.75 bits per heavy atom. The summed E-state index contributed by atoms with van der Waals surface area (Å²) in [4.78, 5) is 24.9. The van der Waals surface area contributed by atoms with Crippen LogP contribution in [0.1, 0.15) is 52.2 Å². The number of nitrogens with one attached hydrogen (secondary N) is 2. The average molecular weight is 397 g/mol. The van der Waals surface area contributed by atoms with Gasteiger partial charge in [-0.25, -0.2) is 0 Å². The standard InChI is InChI=1S/C22H21ClN2O3/c1-13-17-7-4-8-18(23)20(17)28-19(13)22(27)25-16-11-9-14(10-12-16)21(26)24-15-5-2-3-6-15/h4,7-12,15H,2-3,5-6H2,1H3,(H,24,26)(H,25,27). The van der Waals surface area contributed by atoms with E-state index in [-0.39, 0.29) is 23.6 Å². The van der Waals surface area contributed by atoms with Gasteiger partial charge in [0.15, 0.2) is 11.3 Å². The molecule has 0 spiro atoms. The lowest BCUT2D eigenvalue weighted by molar-refractivity contribution is 0.0937. The minimum Gasteiger partial charge on any atom is -0.449 e. The Labute approximate surface area is 168 Å². The van der Waals surface area contributed by atoms with Gasteiger partial charge in [-0.1, -0.05) is 36.6 Å². The van der Waals surface area contributed by atoms with E-state index in [9.17, 15) is 9.59 Å². The zero-order chi connectivity index (χ0) is 19.7. The number of furan rings is 1. The van der Waals surface area contributed by atoms with E-state index >= 15 is 0 Å². The first kappa shape index (κ1) is 18.6. The molecular formula is C22H21ClN2O3. The van der Waals surface area contributed by atoms with Crippen LogP contribution < -0.4 is 10.6 Å². The lowest BCUT2D eigenvalue weighted by Gasteiger charge is -2.12. The molecule has 1 aliphatic rings. The molecule has 0 unspecified atom stereocenters. The van der Waals surface area contributed by atoms with Gasteiger partial charge in [0.2, 0.25) is 0 Å². The summed E-state index contributed by atoms with van der Waals surface area (Å²) >= 11 is 6.15. The third-order valence-electron chi connectivity index (χ3n) is 5.22. The van der Waals surface area contributed by atoms with Crippen molar-refractivity contribution in [3.05, 3.63) is 64.4 Å². The van der Waals surface area contributed by atoms with Gasteiger partial charge >= 0.3 is 0 Å². The highest BCUT2D eigenvalue weighted by Crippen LogP contribution is 2.31. The third-order valence-corrected chi connectivity index (χ3v) is 5.51. The molecule has 2 amide bonds. The van der Waals surface area contributed by atoms with Gasteiger partial charge in [0, 0.05) is 28.2 Å². The third kappa shape index (κ3) is 3.62. The molecule has 0 saturated heterocycles. The molecule has 6 heteroatoms. The van der Waals surface area contributed by atoms with Crippen molar-refractivity contribution >= 4 is 40.1 Å². The number of halogens is 1. The fourth-order valence-electron chi connectivity index (χ4n) is 3.66. The number of rotatable bonds is 4. The van der Waals surface area contributed by atoms with Gasteiger partial charge in [0.05, 0.1) is 5.02 Å². The van der Waals surface area contributed by atoms with Gasteiger partial charge in [-0.05, 0) is 50.1 Å². The molecule has 1 saturated carbocycles. The number of fused-ring (bicyclic) bond motifs is 1. The quantitative estimate of drug-likeness (QED) is 0.627. The topological polar surface area (TPSA) is 71.3 Å². The zero-order valence-electron chi connectivity index (χ0n) is 15.5. The first-order valence-corrected chi connectivity index (χ1v) is 9.80. The van der Waals surface area contributed by atoms with E-state index in [1.54, 1.807) is 30.3 Å². The normalized spacial score (nSPS) is 14.4. The summed E-state index contributed by atoms with van der Waals surface area (Å²) in [7, 11) is 0. The Morgan fingerprint density at radius 1 is 1.04 bits per heavy atom. The first-order valence-electron chi connectivity index (χ1n) is 9.43. The molecule has 2 aromatic carbocycles. The van der Waals surface area contributed by atoms with Crippen molar-refractivity contribution in [2.24, 2.45) is 0 Å². The molecule has 2 N–H and O–H groups in total. The minimum absolute atomic E-state index is 0.0763. The SMILES string of the molecule is Cc1c(C(=O)Nc2ccc(C(=O)NC3CCCC3)cc2)oc2c(Cl)cccc12. The molecule has 1 aromatic heterocycles. The number of anilines is 1. The molecule has 0 atom stereocenters. The Hall–Kier alpha value is -2.79. The number of hydrogen-bond acceptors (Lipinski definition) is 3. The van der Waals surface area contributed by atoms with Gasteiger partial charge in [0.1, 0.15) is 0 Å². The van der Waals surface area contributed by atoms with E-state index in [0.717, 1.165) is 23.8 Å². The van der Waals surface area contributed by atoms with Crippen LogP contribution in [-0.4, -0.2) is 17.9 Å². The van der Waals surface area contributed by atoms with Gasteiger partial charge < -0.3 is 15.1 Å². The Balaban J connectivity index is 1.47. The molecular weight excluding hydrogens is 376 g/mol. The van der Waals surface area contributed by atoms with Crippen molar-refractivity contribution in [1.29, 1.82) is 0 Å². The Kier molecular flexibility index (Phi) is 5.09. The van der Waals surface area contributed by atoms with Crippen molar-refractivity contribution in [3.63, 3.8) is 0 Å². The number of benzene rings is 2. The number of carbonyl (C=O) groups is 2. The summed E-state index contributed by atoms with van der Waals surface area (Å²) in [6.45, 7) is 1.83. The molecule has 0 bridgehead atoms. The van der Waals surface area contributed by atoms with Gasteiger partial charge in [0.25, 0.3) is 11.8 Å². The predicted octanol–water partition coefficient (Wildman–Crippen LogP) is 5.32. The predicted molar refractivity (Wildman–Crippen MR) is 110 cm³/mol. The monoisotopic (exact) mass is 396 g/mol. The summed E-state index contributed by atoms with van der Waals surface area (Å²) in [5.74, 6) is -0.202. The van der Waals surface area contributed by atoms with Crippen LogP contribution in [0.5, 0.6) is 0 Å². The average Bonchev–Trinajstić information content (AvgIpc) is 3.31. The van der Waals surface area contributed by atoms with Crippen LogP contribution in [0.2, 0.25) is 5.02 Å². The summed E-state index contributed by atoms with van der Waals surface area (Å²) in [5, 5.41) is 7.15. The van der Waals surface area contributed by atoms with E-state index in [1.165, 1.54) is 12.8 Å². The highest BCUT2D eigenvalue weighted by atomic mass is 35.5. The molecule has 4 rings (SSSR count). The van der Waals surface area contributed by atoms with Gasteiger partial charge in [-0.15, -0.1) is 0 Å². The van der Waals surface area contributed by atoms with Crippen LogP contribution in [0.15, 0.2) is 46.9 Å². The van der Waals surface area contributed by atoms with Crippen molar-refractivity contribution in [1.82, 2.24) is 5.32 Å². The molecule has 1 fully saturated rings. The Morgan fingerprint density at radius 3 is 2.43 bits per heavy atom. The van der Waals surface area contributed by atoms with Crippen molar-refractivity contribution in [2.45, 2.75) is 38.6 Å². The fraction of sp³-hybridized carbons (Fsp3) is 0.273. The largest absolute Gasteiger partial charge is 0.449 e. The van der Waals surface area contributed by atoms with Crippen LogP contribution in [0.25, 0.3) is 11.0 Å². The lowest BCUT2D eigenvalue weighted by Crippen LogP contribution is -2.32. The van der Waals surface area contributed by atoms with Gasteiger partial charge in [-0.3, -0.25) is 9.59 Å². The van der Waals surface area contributed by atoms with E-state index in [1.807, 2.05) is 19.1 Å². The maximum absolute atomic E-state index is 12.6. The highest BCUT2D eigenvalue weighted by Gasteiger charge is 2.20. The number of carbonyl (C=O) groups excluding carboxylic acids is 2. The Bertz CT molecular complexity index is 1030. The maximum atomic E-state index is 12.6. The maximum Gasteiger partial charge on any atom is 0.291 e. The molecule has 1 aliphatic carbocycles. The summed E-state index contributed by atoms with van der Waals surface area (Å²) < 4.78 is 5.69. The van der Waals surface area contributed by atoms with Crippen LogP contribution in [0.3, 0.4) is 0 Å². The van der Waals surface area contributed by atoms with E-state index < -0.39 is 0 Å². The van der Waals surface area contributed by atoms with Crippen LogP contribution in [-0.2, 0) is 0 Å². The molecule has 1 heterocycles.